The van der Waals surface area contributed by atoms with Crippen LogP contribution < -0.4 is 0 Å². The maximum Gasteiger partial charge on any atom is 0.331 e. The molecule has 1 spiro atoms. The zero-order chi connectivity index (χ0) is 10.9. The van der Waals surface area contributed by atoms with Crippen molar-refractivity contribution in [2.75, 3.05) is 6.54 Å². The standard InChI is InChI=1S/C12H15NO3/c14-9-4-7-5-11(15)16-12(7)6-8(9)13-3-1-2-10(12)13/h5,8-10,14H,1-4,6H2/t8-,9?,10+,12-/m0/s1. The fourth-order valence-corrected chi connectivity index (χ4v) is 4.19. The lowest BCUT2D eigenvalue weighted by atomic mass is 9.76. The average molecular weight is 221 g/mol. The molecule has 86 valence electrons. The van der Waals surface area contributed by atoms with Gasteiger partial charge >= 0.3 is 5.97 Å². The van der Waals surface area contributed by atoms with Crippen LogP contribution in [0.5, 0.6) is 0 Å². The van der Waals surface area contributed by atoms with Crippen LogP contribution in [-0.2, 0) is 9.53 Å². The van der Waals surface area contributed by atoms with Crippen molar-refractivity contribution in [2.45, 2.75) is 49.5 Å². The van der Waals surface area contributed by atoms with E-state index >= 15 is 0 Å². The van der Waals surface area contributed by atoms with Gasteiger partial charge in [-0.05, 0) is 25.0 Å². The van der Waals surface area contributed by atoms with Crippen molar-refractivity contribution in [1.82, 2.24) is 4.90 Å². The fraction of sp³-hybridized carbons (Fsp3) is 0.750. The van der Waals surface area contributed by atoms with E-state index in [1.807, 2.05) is 0 Å². The van der Waals surface area contributed by atoms with Crippen LogP contribution in [0.2, 0.25) is 0 Å². The van der Waals surface area contributed by atoms with Crippen LogP contribution in [0.25, 0.3) is 0 Å². The SMILES string of the molecule is O=C1C=C2CC(O)[C@@H]3C[C@@]2(O1)[C@H]1CCCN31. The molecule has 2 saturated heterocycles. The van der Waals surface area contributed by atoms with Gasteiger partial charge in [-0.1, -0.05) is 0 Å². The molecule has 3 heterocycles. The Morgan fingerprint density at radius 2 is 2.44 bits per heavy atom. The summed E-state index contributed by atoms with van der Waals surface area (Å²) in [5, 5.41) is 10.1. The molecule has 16 heavy (non-hydrogen) atoms. The van der Waals surface area contributed by atoms with Crippen molar-refractivity contribution in [2.24, 2.45) is 0 Å². The van der Waals surface area contributed by atoms with Gasteiger partial charge in [0.1, 0.15) is 0 Å². The summed E-state index contributed by atoms with van der Waals surface area (Å²) in [6.45, 7) is 1.04. The molecule has 0 aromatic carbocycles. The zero-order valence-corrected chi connectivity index (χ0v) is 9.06. The first-order valence-corrected chi connectivity index (χ1v) is 6.08. The lowest BCUT2D eigenvalue weighted by Crippen LogP contribution is -2.44. The molecule has 3 aliphatic heterocycles. The van der Waals surface area contributed by atoms with Crippen LogP contribution in [0.15, 0.2) is 11.6 Å². The molecular formula is C12H15NO3. The van der Waals surface area contributed by atoms with Gasteiger partial charge < -0.3 is 9.84 Å². The molecule has 4 rings (SSSR count). The average Bonchev–Trinajstić information content (AvgIpc) is 2.83. The van der Waals surface area contributed by atoms with Gasteiger partial charge in [-0.3, -0.25) is 4.90 Å². The number of hydrogen-bond acceptors (Lipinski definition) is 4. The van der Waals surface area contributed by atoms with Crippen LogP contribution in [0.1, 0.15) is 25.7 Å². The molecule has 0 radical (unpaired) electrons. The Bertz CT molecular complexity index is 405. The Hall–Kier alpha value is -0.870. The summed E-state index contributed by atoms with van der Waals surface area (Å²) < 4.78 is 5.62. The molecule has 0 aromatic rings. The number of aliphatic hydroxyl groups is 1. The van der Waals surface area contributed by atoms with Gasteiger partial charge in [0.15, 0.2) is 5.60 Å². The van der Waals surface area contributed by atoms with Crippen molar-refractivity contribution in [3.63, 3.8) is 0 Å². The van der Waals surface area contributed by atoms with Gasteiger partial charge in [-0.25, -0.2) is 4.79 Å². The molecule has 0 amide bonds. The van der Waals surface area contributed by atoms with Crippen LogP contribution in [-0.4, -0.2) is 46.3 Å². The lowest BCUT2D eigenvalue weighted by molar-refractivity contribution is -0.148. The Kier molecular flexibility index (Phi) is 1.54. The summed E-state index contributed by atoms with van der Waals surface area (Å²) >= 11 is 0. The third-order valence-corrected chi connectivity index (χ3v) is 4.76. The molecule has 4 aliphatic rings. The molecule has 2 bridgehead atoms. The fourth-order valence-electron chi connectivity index (χ4n) is 4.19. The summed E-state index contributed by atoms with van der Waals surface area (Å²) in [4.78, 5) is 13.9. The molecule has 1 saturated carbocycles. The Morgan fingerprint density at radius 3 is 3.31 bits per heavy atom. The number of rotatable bonds is 0. The van der Waals surface area contributed by atoms with E-state index in [0.29, 0.717) is 12.5 Å². The third kappa shape index (κ3) is 0.870. The van der Waals surface area contributed by atoms with E-state index in [4.69, 9.17) is 4.74 Å². The maximum atomic E-state index is 11.5. The highest BCUT2D eigenvalue weighted by atomic mass is 16.6. The lowest BCUT2D eigenvalue weighted by Gasteiger charge is -2.34. The van der Waals surface area contributed by atoms with E-state index in [0.717, 1.165) is 31.4 Å². The number of fused-ring (bicyclic) bond motifs is 3. The van der Waals surface area contributed by atoms with E-state index in [9.17, 15) is 9.90 Å². The number of aliphatic hydroxyl groups excluding tert-OH is 1. The number of carbonyl (C=O) groups excluding carboxylic acids is 1. The Balaban J connectivity index is 1.85. The quantitative estimate of drug-likeness (QED) is 0.594. The van der Waals surface area contributed by atoms with Gasteiger partial charge in [0, 0.05) is 25.0 Å². The zero-order valence-electron chi connectivity index (χ0n) is 9.06. The molecule has 4 heteroatoms. The van der Waals surface area contributed by atoms with E-state index in [-0.39, 0.29) is 23.7 Å². The number of hydrogen-bond donors (Lipinski definition) is 1. The highest BCUT2D eigenvalue weighted by Crippen LogP contribution is 2.54. The summed E-state index contributed by atoms with van der Waals surface area (Å²) in [6, 6.07) is 0.530. The predicted octanol–water partition coefficient (Wildman–Crippen LogP) is 0.210. The van der Waals surface area contributed by atoms with E-state index in [1.54, 1.807) is 6.08 Å². The third-order valence-electron chi connectivity index (χ3n) is 4.76. The van der Waals surface area contributed by atoms with Crippen molar-refractivity contribution in [1.29, 1.82) is 0 Å². The van der Waals surface area contributed by atoms with Crippen molar-refractivity contribution < 1.29 is 14.6 Å². The summed E-state index contributed by atoms with van der Waals surface area (Å²) in [5.74, 6) is -0.211. The minimum absolute atomic E-state index is 0.204. The molecule has 0 aromatic heterocycles. The Morgan fingerprint density at radius 1 is 1.56 bits per heavy atom. The molecule has 3 fully saturated rings. The molecule has 4 nitrogen and oxygen atoms in total. The normalized spacial score (nSPS) is 49.9. The Labute approximate surface area is 93.9 Å². The second-order valence-electron chi connectivity index (χ2n) is 5.42. The molecule has 1 unspecified atom stereocenters. The molecular weight excluding hydrogens is 206 g/mol. The molecule has 4 atom stereocenters. The number of ether oxygens (including phenoxy) is 1. The highest BCUT2D eigenvalue weighted by molar-refractivity contribution is 5.87. The first-order chi connectivity index (χ1) is 7.71. The second kappa shape index (κ2) is 2.68. The van der Waals surface area contributed by atoms with E-state index in [1.165, 1.54) is 0 Å². The second-order valence-corrected chi connectivity index (χ2v) is 5.42. The molecule has 1 aliphatic carbocycles. The first-order valence-electron chi connectivity index (χ1n) is 6.08. The maximum absolute atomic E-state index is 11.5. The number of esters is 1. The predicted molar refractivity (Wildman–Crippen MR) is 55.7 cm³/mol. The monoisotopic (exact) mass is 221 g/mol. The van der Waals surface area contributed by atoms with Gasteiger partial charge in [0.05, 0.1) is 12.1 Å². The van der Waals surface area contributed by atoms with Crippen molar-refractivity contribution in [3.05, 3.63) is 11.6 Å². The summed E-state index contributed by atoms with van der Waals surface area (Å²) in [6.07, 6.45) is 4.95. The van der Waals surface area contributed by atoms with Crippen molar-refractivity contribution in [3.8, 4) is 0 Å². The van der Waals surface area contributed by atoms with Crippen LogP contribution in [0.4, 0.5) is 0 Å². The van der Waals surface area contributed by atoms with Gasteiger partial charge in [-0.15, -0.1) is 0 Å². The number of nitrogens with zero attached hydrogens (tertiary/aromatic N) is 1. The topological polar surface area (TPSA) is 49.8 Å². The smallest absolute Gasteiger partial charge is 0.331 e. The van der Waals surface area contributed by atoms with Crippen LogP contribution >= 0.6 is 0 Å². The van der Waals surface area contributed by atoms with E-state index in [2.05, 4.69) is 4.90 Å². The van der Waals surface area contributed by atoms with Gasteiger partial charge in [0.25, 0.3) is 0 Å². The first kappa shape index (κ1) is 9.19. The summed E-state index contributed by atoms with van der Waals surface area (Å²) in [5.41, 5.74) is 0.674. The van der Waals surface area contributed by atoms with Gasteiger partial charge in [0.2, 0.25) is 0 Å². The van der Waals surface area contributed by atoms with Crippen LogP contribution in [0, 0.1) is 0 Å². The highest BCUT2D eigenvalue weighted by Gasteiger charge is 2.64. The molecule has 1 N–H and O–H groups in total. The number of carbonyl (C=O) groups is 1. The van der Waals surface area contributed by atoms with E-state index < -0.39 is 0 Å². The minimum Gasteiger partial charge on any atom is -0.450 e. The van der Waals surface area contributed by atoms with Crippen molar-refractivity contribution >= 4 is 5.97 Å². The van der Waals surface area contributed by atoms with Crippen LogP contribution in [0.3, 0.4) is 0 Å². The largest absolute Gasteiger partial charge is 0.450 e. The summed E-state index contributed by atoms with van der Waals surface area (Å²) in [7, 11) is 0. The minimum atomic E-state index is -0.364. The van der Waals surface area contributed by atoms with Gasteiger partial charge in [-0.2, -0.15) is 0 Å².